The van der Waals surface area contributed by atoms with Crippen LogP contribution in [0.25, 0.3) is 11.6 Å². The Morgan fingerprint density at radius 3 is 2.19 bits per heavy atom. The van der Waals surface area contributed by atoms with E-state index in [-0.39, 0.29) is 0 Å². The zero-order valence-corrected chi connectivity index (χ0v) is 17.3. The molecule has 5 heteroatoms. The molecule has 0 atom stereocenters. The number of imidazole rings is 2. The lowest BCUT2D eigenvalue weighted by Crippen LogP contribution is -2.38. The summed E-state index contributed by atoms with van der Waals surface area (Å²) in [4.78, 5) is 11.6. The maximum Gasteiger partial charge on any atom is 0.219 e. The van der Waals surface area contributed by atoms with Gasteiger partial charge in [0.2, 0.25) is 5.95 Å². The summed E-state index contributed by atoms with van der Waals surface area (Å²) in [6.45, 7) is 14.2. The molecule has 2 heterocycles. The first-order chi connectivity index (χ1) is 12.9. The van der Waals surface area contributed by atoms with Crippen molar-refractivity contribution in [2.75, 3.05) is 6.54 Å². The molecule has 0 aliphatic heterocycles. The predicted octanol–water partition coefficient (Wildman–Crippen LogP) is 4.34. The second kappa shape index (κ2) is 8.09. The molecule has 0 aliphatic carbocycles. The molecule has 144 valence electrons. The highest BCUT2D eigenvalue weighted by Crippen LogP contribution is 2.20. The van der Waals surface area contributed by atoms with Crippen LogP contribution in [-0.2, 0) is 6.42 Å². The van der Waals surface area contributed by atoms with E-state index in [1.807, 2.05) is 30.2 Å². The molecule has 0 saturated carbocycles. The quantitative estimate of drug-likeness (QED) is 0.625. The molecule has 3 aromatic rings. The molecular formula is C22H31N5. The first kappa shape index (κ1) is 19.4. The molecule has 1 aromatic carbocycles. The van der Waals surface area contributed by atoms with Gasteiger partial charge in [-0.05, 0) is 53.7 Å². The van der Waals surface area contributed by atoms with Crippen molar-refractivity contribution in [1.82, 2.24) is 24.0 Å². The molecule has 27 heavy (non-hydrogen) atoms. The minimum atomic E-state index is 0.525. The molecule has 5 nitrogen and oxygen atoms in total. The van der Waals surface area contributed by atoms with Crippen LogP contribution >= 0.6 is 0 Å². The summed E-state index contributed by atoms with van der Waals surface area (Å²) in [7, 11) is 0. The van der Waals surface area contributed by atoms with Gasteiger partial charge in [-0.3, -0.25) is 14.0 Å². The molecule has 0 saturated heterocycles. The Hall–Kier alpha value is -2.40. The van der Waals surface area contributed by atoms with Crippen LogP contribution < -0.4 is 0 Å². The molecule has 3 rings (SSSR count). The molecule has 0 unspecified atom stereocenters. The summed E-state index contributed by atoms with van der Waals surface area (Å²) in [5, 5.41) is 0. The highest BCUT2D eigenvalue weighted by molar-refractivity contribution is 5.41. The fraction of sp³-hybridized carbons (Fsp3) is 0.455. The number of aryl methyl sites for hydroxylation is 2. The molecular weight excluding hydrogens is 334 g/mol. The van der Waals surface area contributed by atoms with E-state index in [4.69, 9.17) is 4.98 Å². The van der Waals surface area contributed by atoms with Crippen molar-refractivity contribution in [1.29, 1.82) is 0 Å². The largest absolute Gasteiger partial charge is 0.298 e. The van der Waals surface area contributed by atoms with Crippen LogP contribution in [0.4, 0.5) is 0 Å². The van der Waals surface area contributed by atoms with Crippen molar-refractivity contribution >= 4 is 0 Å². The number of aromatic nitrogens is 4. The fourth-order valence-corrected chi connectivity index (χ4v) is 3.60. The first-order valence-corrected chi connectivity index (χ1v) is 9.77. The van der Waals surface area contributed by atoms with Crippen LogP contribution in [0.2, 0.25) is 0 Å². The van der Waals surface area contributed by atoms with Crippen LogP contribution in [-0.4, -0.2) is 42.6 Å². The van der Waals surface area contributed by atoms with Crippen molar-refractivity contribution in [3.63, 3.8) is 0 Å². The Morgan fingerprint density at radius 1 is 0.963 bits per heavy atom. The molecule has 0 bridgehead atoms. The molecule has 0 aliphatic rings. The summed E-state index contributed by atoms with van der Waals surface area (Å²) < 4.78 is 4.25. The van der Waals surface area contributed by atoms with E-state index in [0.717, 1.165) is 30.3 Å². The highest BCUT2D eigenvalue weighted by Gasteiger charge is 2.17. The van der Waals surface area contributed by atoms with Crippen LogP contribution in [0, 0.1) is 13.8 Å². The van der Waals surface area contributed by atoms with Gasteiger partial charge in [0.25, 0.3) is 0 Å². The zero-order valence-electron chi connectivity index (χ0n) is 17.3. The molecule has 0 spiro atoms. The molecule has 0 N–H and O–H groups in total. The minimum Gasteiger partial charge on any atom is -0.298 e. The smallest absolute Gasteiger partial charge is 0.219 e. The van der Waals surface area contributed by atoms with Gasteiger partial charge in [-0.2, -0.15) is 0 Å². The summed E-state index contributed by atoms with van der Waals surface area (Å²) in [6, 6.07) is 9.67. The Morgan fingerprint density at radius 2 is 1.63 bits per heavy atom. The third-order valence-electron chi connectivity index (χ3n) is 5.00. The van der Waals surface area contributed by atoms with Gasteiger partial charge in [-0.15, -0.1) is 0 Å². The maximum absolute atomic E-state index is 4.73. The van der Waals surface area contributed by atoms with Crippen molar-refractivity contribution in [3.8, 4) is 11.6 Å². The number of nitrogens with zero attached hydrogens (tertiary/aromatic N) is 5. The molecule has 0 fully saturated rings. The van der Waals surface area contributed by atoms with Crippen LogP contribution in [0.5, 0.6) is 0 Å². The van der Waals surface area contributed by atoms with E-state index < -0.39 is 0 Å². The van der Waals surface area contributed by atoms with Crippen LogP contribution in [0.1, 0.15) is 44.6 Å². The Bertz CT molecular complexity index is 863. The van der Waals surface area contributed by atoms with Gasteiger partial charge in [0.1, 0.15) is 6.33 Å². The van der Waals surface area contributed by atoms with Gasteiger partial charge in [-0.25, -0.2) is 9.97 Å². The number of hydrogen-bond acceptors (Lipinski definition) is 3. The Balaban J connectivity index is 1.98. The zero-order chi connectivity index (χ0) is 19.6. The molecule has 0 radical (unpaired) electrons. The second-order valence-electron chi connectivity index (χ2n) is 7.82. The van der Waals surface area contributed by atoms with E-state index in [1.165, 1.54) is 11.3 Å². The van der Waals surface area contributed by atoms with E-state index in [0.29, 0.717) is 12.1 Å². The monoisotopic (exact) mass is 365 g/mol. The lowest BCUT2D eigenvalue weighted by atomic mass is 10.2. The summed E-state index contributed by atoms with van der Waals surface area (Å²) >= 11 is 0. The highest BCUT2D eigenvalue weighted by atomic mass is 15.3. The Kier molecular flexibility index (Phi) is 5.80. The average molecular weight is 366 g/mol. The lowest BCUT2D eigenvalue weighted by molar-refractivity contribution is 0.176. The lowest BCUT2D eigenvalue weighted by Gasteiger charge is -2.30. The minimum absolute atomic E-state index is 0.525. The van der Waals surface area contributed by atoms with E-state index in [1.54, 1.807) is 0 Å². The second-order valence-corrected chi connectivity index (χ2v) is 7.82. The first-order valence-electron chi connectivity index (χ1n) is 9.77. The number of benzene rings is 1. The third-order valence-corrected chi connectivity index (χ3v) is 5.00. The Labute approximate surface area is 162 Å². The van der Waals surface area contributed by atoms with E-state index >= 15 is 0 Å². The normalized spacial score (nSPS) is 11.9. The summed E-state index contributed by atoms with van der Waals surface area (Å²) in [5.41, 5.74) is 4.59. The van der Waals surface area contributed by atoms with Gasteiger partial charge in [0.05, 0.1) is 11.9 Å². The van der Waals surface area contributed by atoms with Crippen LogP contribution in [0.15, 0.2) is 43.0 Å². The van der Waals surface area contributed by atoms with Gasteiger partial charge < -0.3 is 0 Å². The standard InChI is InChI=1S/C22H31N5/c1-16(2)26(17(3)4)12-11-21-13-23-22(25-14-19(6)24-15-25)27(21)20-9-7-18(5)8-10-20/h7-10,13-17H,11-12H2,1-6H3. The van der Waals surface area contributed by atoms with Gasteiger partial charge in [0, 0.05) is 42.6 Å². The van der Waals surface area contributed by atoms with Gasteiger partial charge in [0.15, 0.2) is 0 Å². The summed E-state index contributed by atoms with van der Waals surface area (Å²) in [5.74, 6) is 0.884. The van der Waals surface area contributed by atoms with Crippen molar-refractivity contribution in [2.45, 2.75) is 60.0 Å². The maximum atomic E-state index is 4.73. The molecule has 0 amide bonds. The third kappa shape index (κ3) is 4.30. The van der Waals surface area contributed by atoms with Crippen molar-refractivity contribution in [2.24, 2.45) is 0 Å². The SMILES string of the molecule is Cc1ccc(-n2c(CCN(C(C)C)C(C)C)cnc2-n2cnc(C)c2)cc1. The predicted molar refractivity (Wildman–Crippen MR) is 111 cm³/mol. The van der Waals surface area contributed by atoms with Gasteiger partial charge >= 0.3 is 0 Å². The number of rotatable bonds is 7. The van der Waals surface area contributed by atoms with Gasteiger partial charge in [-0.1, -0.05) is 17.7 Å². The number of hydrogen-bond donors (Lipinski definition) is 0. The molecule has 2 aromatic heterocycles. The average Bonchev–Trinajstić information content (AvgIpc) is 3.21. The summed E-state index contributed by atoms with van der Waals surface area (Å²) in [6.07, 6.45) is 6.81. The topological polar surface area (TPSA) is 38.9 Å². The van der Waals surface area contributed by atoms with Crippen molar-refractivity contribution in [3.05, 3.63) is 59.9 Å². The van der Waals surface area contributed by atoms with E-state index in [9.17, 15) is 0 Å². The van der Waals surface area contributed by atoms with Crippen molar-refractivity contribution < 1.29 is 0 Å². The fourth-order valence-electron chi connectivity index (χ4n) is 3.60. The van der Waals surface area contributed by atoms with Crippen LogP contribution in [0.3, 0.4) is 0 Å². The van der Waals surface area contributed by atoms with E-state index in [2.05, 4.69) is 73.3 Å².